The molecule has 1 aromatic heterocycles. The number of phenols is 1. The topological polar surface area (TPSA) is 58.4 Å². The van der Waals surface area contributed by atoms with Gasteiger partial charge in [0.2, 0.25) is 0 Å². The molecule has 1 aliphatic carbocycles. The van der Waals surface area contributed by atoms with E-state index >= 15 is 0 Å². The average molecular weight is 311 g/mol. The van der Waals surface area contributed by atoms with Crippen LogP contribution in [0.3, 0.4) is 0 Å². The summed E-state index contributed by atoms with van der Waals surface area (Å²) >= 11 is 0. The van der Waals surface area contributed by atoms with Crippen LogP contribution >= 0.6 is 0 Å². The van der Waals surface area contributed by atoms with Gasteiger partial charge in [0.15, 0.2) is 0 Å². The number of nitrogens with zero attached hydrogens (tertiary/aromatic N) is 3. The first-order chi connectivity index (χ1) is 11.1. The van der Waals surface area contributed by atoms with E-state index in [4.69, 9.17) is 0 Å². The molecule has 0 amide bonds. The van der Waals surface area contributed by atoms with Crippen molar-refractivity contribution in [2.75, 3.05) is 11.9 Å². The summed E-state index contributed by atoms with van der Waals surface area (Å²) in [4.78, 5) is 19.5. The Balaban J connectivity index is 1.66. The Labute approximate surface area is 135 Å². The van der Waals surface area contributed by atoms with Gasteiger partial charge in [-0.05, 0) is 31.4 Å². The molecule has 1 fully saturated rings. The molecule has 23 heavy (non-hydrogen) atoms. The second-order valence-corrected chi connectivity index (χ2v) is 6.67. The maximum absolute atomic E-state index is 13.1. The lowest BCUT2D eigenvalue weighted by Gasteiger charge is -2.34. The van der Waals surface area contributed by atoms with E-state index in [9.17, 15) is 9.90 Å². The van der Waals surface area contributed by atoms with E-state index in [0.29, 0.717) is 12.3 Å². The monoisotopic (exact) mass is 311 g/mol. The number of carbonyl (C=O) groups excluding carboxylic acids is 1. The molecule has 0 radical (unpaired) electrons. The third-order valence-electron chi connectivity index (χ3n) is 5.48. The minimum atomic E-state index is -0.121. The molecule has 0 saturated heterocycles. The second-order valence-electron chi connectivity index (χ2n) is 6.67. The zero-order chi connectivity index (χ0) is 16.1. The van der Waals surface area contributed by atoms with Gasteiger partial charge in [0.1, 0.15) is 17.4 Å². The Morgan fingerprint density at radius 2 is 2.17 bits per heavy atom. The SMILES string of the molecule is Cc1nccn1CC1CCC2C(C1=O)c1cccc(O)c1N2C. The molecule has 120 valence electrons. The smallest absolute Gasteiger partial charge is 0.147 e. The van der Waals surface area contributed by atoms with Gasteiger partial charge in [-0.25, -0.2) is 4.98 Å². The molecule has 0 spiro atoms. The number of hydrogen-bond donors (Lipinski definition) is 1. The van der Waals surface area contributed by atoms with Crippen LogP contribution in [0, 0.1) is 12.8 Å². The summed E-state index contributed by atoms with van der Waals surface area (Å²) in [5, 5.41) is 10.2. The number of likely N-dealkylation sites (N-methyl/N-ethyl adjacent to an activating group) is 1. The molecular weight excluding hydrogens is 290 g/mol. The van der Waals surface area contributed by atoms with Crippen molar-refractivity contribution in [1.29, 1.82) is 0 Å². The van der Waals surface area contributed by atoms with Crippen LogP contribution in [-0.2, 0) is 11.3 Å². The molecule has 0 bridgehead atoms. The molecule has 1 aromatic carbocycles. The number of ketones is 1. The fourth-order valence-electron chi connectivity index (χ4n) is 4.27. The lowest BCUT2D eigenvalue weighted by atomic mass is 9.75. The zero-order valence-electron chi connectivity index (χ0n) is 13.4. The third-order valence-corrected chi connectivity index (χ3v) is 5.48. The van der Waals surface area contributed by atoms with Crippen molar-refractivity contribution < 1.29 is 9.90 Å². The number of carbonyl (C=O) groups is 1. The maximum atomic E-state index is 13.1. The van der Waals surface area contributed by atoms with Crippen LogP contribution in [0.15, 0.2) is 30.6 Å². The number of fused-ring (bicyclic) bond motifs is 3. The number of para-hydroxylation sites is 1. The largest absolute Gasteiger partial charge is 0.506 e. The van der Waals surface area contributed by atoms with E-state index in [0.717, 1.165) is 29.9 Å². The minimum Gasteiger partial charge on any atom is -0.506 e. The Morgan fingerprint density at radius 3 is 2.91 bits per heavy atom. The average Bonchev–Trinajstić information content (AvgIpc) is 3.06. The van der Waals surface area contributed by atoms with E-state index in [1.165, 1.54) is 0 Å². The number of Topliss-reactive ketones (excluding diaryl/α,β-unsaturated/α-hetero) is 1. The molecule has 3 unspecified atom stereocenters. The van der Waals surface area contributed by atoms with Gasteiger partial charge in [-0.1, -0.05) is 12.1 Å². The maximum Gasteiger partial charge on any atom is 0.147 e. The van der Waals surface area contributed by atoms with Crippen LogP contribution in [0.2, 0.25) is 0 Å². The summed E-state index contributed by atoms with van der Waals surface area (Å²) in [6.45, 7) is 2.67. The first-order valence-corrected chi connectivity index (χ1v) is 8.14. The second kappa shape index (κ2) is 5.11. The summed E-state index contributed by atoms with van der Waals surface area (Å²) in [6.07, 6.45) is 5.58. The van der Waals surface area contributed by atoms with Crippen molar-refractivity contribution in [3.8, 4) is 5.75 Å². The molecule has 5 heteroatoms. The summed E-state index contributed by atoms with van der Waals surface area (Å²) in [6, 6.07) is 5.69. The molecule has 5 nitrogen and oxygen atoms in total. The Hall–Kier alpha value is -2.30. The number of hydrogen-bond acceptors (Lipinski definition) is 4. The van der Waals surface area contributed by atoms with Gasteiger partial charge < -0.3 is 14.6 Å². The van der Waals surface area contributed by atoms with Crippen LogP contribution < -0.4 is 4.90 Å². The van der Waals surface area contributed by atoms with Crippen LogP contribution in [0.4, 0.5) is 5.69 Å². The highest BCUT2D eigenvalue weighted by Gasteiger charge is 2.47. The number of rotatable bonds is 2. The molecule has 2 aromatic rings. The predicted octanol–water partition coefficient (Wildman–Crippen LogP) is 2.48. The van der Waals surface area contributed by atoms with Gasteiger partial charge in [0, 0.05) is 37.9 Å². The Kier molecular flexibility index (Phi) is 3.18. The van der Waals surface area contributed by atoms with Gasteiger partial charge in [-0.3, -0.25) is 4.79 Å². The molecule has 4 rings (SSSR count). The number of aryl methyl sites for hydroxylation is 1. The molecule has 1 N–H and O–H groups in total. The quantitative estimate of drug-likeness (QED) is 0.925. The summed E-state index contributed by atoms with van der Waals surface area (Å²) in [5.41, 5.74) is 1.81. The van der Waals surface area contributed by atoms with Gasteiger partial charge in [0.05, 0.1) is 11.6 Å². The van der Waals surface area contributed by atoms with Crippen molar-refractivity contribution in [3.05, 3.63) is 42.0 Å². The van der Waals surface area contributed by atoms with E-state index < -0.39 is 0 Å². The lowest BCUT2D eigenvalue weighted by Crippen LogP contribution is -2.42. The molecule has 1 saturated carbocycles. The van der Waals surface area contributed by atoms with Crippen LogP contribution in [0.1, 0.15) is 30.1 Å². The molecule has 1 aliphatic heterocycles. The normalized spacial score (nSPS) is 26.3. The number of aromatic hydroxyl groups is 1. The van der Waals surface area contributed by atoms with Gasteiger partial charge in [-0.15, -0.1) is 0 Å². The molecule has 3 atom stereocenters. The van der Waals surface area contributed by atoms with Crippen LogP contribution in [-0.4, -0.2) is 33.5 Å². The first kappa shape index (κ1) is 14.3. The standard InChI is InChI=1S/C18H21N3O2/c1-11-19-8-9-21(11)10-12-6-7-14-16(18(12)23)13-4-3-5-15(22)17(13)20(14)2/h3-5,8-9,12,14,16,22H,6-7,10H2,1-2H3. The fourth-order valence-corrected chi connectivity index (χ4v) is 4.27. The van der Waals surface area contributed by atoms with Crippen molar-refractivity contribution in [3.63, 3.8) is 0 Å². The molecular formula is C18H21N3O2. The Bertz CT molecular complexity index is 767. The summed E-state index contributed by atoms with van der Waals surface area (Å²) in [7, 11) is 1.98. The minimum absolute atomic E-state index is 0.0193. The van der Waals surface area contributed by atoms with Gasteiger partial charge >= 0.3 is 0 Å². The van der Waals surface area contributed by atoms with Crippen molar-refractivity contribution in [1.82, 2.24) is 9.55 Å². The number of aromatic nitrogens is 2. The zero-order valence-corrected chi connectivity index (χ0v) is 13.4. The van der Waals surface area contributed by atoms with E-state index in [1.807, 2.05) is 32.3 Å². The molecule has 2 aliphatic rings. The van der Waals surface area contributed by atoms with Crippen LogP contribution in [0.5, 0.6) is 5.75 Å². The van der Waals surface area contributed by atoms with Crippen LogP contribution in [0.25, 0.3) is 0 Å². The predicted molar refractivity (Wildman–Crippen MR) is 87.7 cm³/mol. The highest BCUT2D eigenvalue weighted by molar-refractivity contribution is 5.94. The highest BCUT2D eigenvalue weighted by Crippen LogP contribution is 2.50. The number of phenolic OH excluding ortho intramolecular Hbond substituents is 1. The number of anilines is 1. The fraction of sp³-hybridized carbons (Fsp3) is 0.444. The van der Waals surface area contributed by atoms with Gasteiger partial charge in [-0.2, -0.15) is 0 Å². The Morgan fingerprint density at radius 1 is 1.35 bits per heavy atom. The lowest BCUT2D eigenvalue weighted by molar-refractivity contribution is -0.127. The summed E-state index contributed by atoms with van der Waals surface area (Å²) < 4.78 is 2.06. The van der Waals surface area contributed by atoms with E-state index in [2.05, 4.69) is 14.5 Å². The highest BCUT2D eigenvalue weighted by atomic mass is 16.3. The number of imidazole rings is 1. The molecule has 2 heterocycles. The van der Waals surface area contributed by atoms with Crippen molar-refractivity contribution in [2.45, 2.75) is 38.3 Å². The van der Waals surface area contributed by atoms with E-state index in [-0.39, 0.29) is 23.6 Å². The third kappa shape index (κ3) is 2.06. The summed E-state index contributed by atoms with van der Waals surface area (Å²) in [5.74, 6) is 1.41. The first-order valence-electron chi connectivity index (χ1n) is 8.14. The van der Waals surface area contributed by atoms with Gasteiger partial charge in [0.25, 0.3) is 0 Å². The van der Waals surface area contributed by atoms with Crippen molar-refractivity contribution >= 4 is 11.5 Å². The van der Waals surface area contributed by atoms with Crippen molar-refractivity contribution in [2.24, 2.45) is 5.92 Å². The van der Waals surface area contributed by atoms with E-state index in [1.54, 1.807) is 12.3 Å². The number of benzene rings is 1.